The topological polar surface area (TPSA) is 169 Å². The number of nitrogens with zero attached hydrogens (tertiary/aromatic N) is 6. The summed E-state index contributed by atoms with van der Waals surface area (Å²) in [6.45, 7) is 3.65. The van der Waals surface area contributed by atoms with E-state index >= 15 is 0 Å². The first-order valence-electron chi connectivity index (χ1n) is 13.6. The van der Waals surface area contributed by atoms with Crippen LogP contribution in [0.25, 0.3) is 16.4 Å². The van der Waals surface area contributed by atoms with Gasteiger partial charge in [0, 0.05) is 31.0 Å². The quantitative estimate of drug-likeness (QED) is 0.176. The lowest BCUT2D eigenvalue weighted by Gasteiger charge is -2.40. The lowest BCUT2D eigenvalue weighted by molar-refractivity contribution is -0.165. The van der Waals surface area contributed by atoms with E-state index in [1.807, 2.05) is 0 Å². The Labute approximate surface area is 247 Å². The summed E-state index contributed by atoms with van der Waals surface area (Å²) in [7, 11) is 0. The number of rotatable bonds is 13. The first-order valence-corrected chi connectivity index (χ1v) is 13.6. The highest BCUT2D eigenvalue weighted by Gasteiger charge is 2.30. The van der Waals surface area contributed by atoms with Gasteiger partial charge >= 0.3 is 6.18 Å². The van der Waals surface area contributed by atoms with Crippen molar-refractivity contribution in [2.45, 2.75) is 44.1 Å². The van der Waals surface area contributed by atoms with Gasteiger partial charge in [-0.1, -0.05) is 6.07 Å². The number of aliphatic imine (C=N–C) groups is 1. The van der Waals surface area contributed by atoms with Crippen LogP contribution in [0.15, 0.2) is 47.2 Å². The minimum atomic E-state index is -4.57. The molecule has 4 N–H and O–H groups in total. The Bertz CT molecular complexity index is 1330. The predicted octanol–water partition coefficient (Wildman–Crippen LogP) is 3.82. The van der Waals surface area contributed by atoms with Gasteiger partial charge in [-0.3, -0.25) is 9.89 Å². The zero-order valence-electron chi connectivity index (χ0n) is 23.5. The van der Waals surface area contributed by atoms with Gasteiger partial charge in [0.1, 0.15) is 17.5 Å². The lowest BCUT2D eigenvalue weighted by Crippen LogP contribution is -2.52. The largest absolute Gasteiger partial charge is 0.489 e. The van der Waals surface area contributed by atoms with Gasteiger partial charge in [-0.2, -0.15) is 18.4 Å². The molecular formula is C28H33F3N9O3-. The van der Waals surface area contributed by atoms with Crippen LogP contribution in [0.4, 0.5) is 19.1 Å². The number of aromatic nitrogens is 2. The smallest absolute Gasteiger partial charge is 0.422 e. The Morgan fingerprint density at radius 3 is 2.63 bits per heavy atom. The molecule has 1 atom stereocenters. The minimum Gasteiger partial charge on any atom is -0.489 e. The van der Waals surface area contributed by atoms with Gasteiger partial charge < -0.3 is 36.0 Å². The van der Waals surface area contributed by atoms with Gasteiger partial charge in [-0.25, -0.2) is 9.97 Å². The van der Waals surface area contributed by atoms with Crippen molar-refractivity contribution < 1.29 is 27.4 Å². The molecule has 2 aliphatic rings. The highest BCUT2D eigenvalue weighted by molar-refractivity contribution is 5.83. The second-order valence-corrected chi connectivity index (χ2v) is 10.1. The predicted molar refractivity (Wildman–Crippen MR) is 154 cm³/mol. The maximum atomic E-state index is 12.8. The number of benzene rings is 1. The number of nitrogens with two attached hydrogens (primary N) is 1. The molecule has 4 rings (SSSR count). The minimum absolute atomic E-state index is 0.00482. The number of alkyl halides is 3. The van der Waals surface area contributed by atoms with Crippen molar-refractivity contribution in [3.8, 4) is 22.9 Å². The van der Waals surface area contributed by atoms with Crippen LogP contribution in [0, 0.1) is 16.7 Å². The fourth-order valence-corrected chi connectivity index (χ4v) is 4.42. The van der Waals surface area contributed by atoms with E-state index in [2.05, 4.69) is 36.6 Å². The molecule has 43 heavy (non-hydrogen) atoms. The fraction of sp³-hybridized carbons (Fsp3) is 0.464. The van der Waals surface area contributed by atoms with Gasteiger partial charge in [-0.15, -0.1) is 6.34 Å². The van der Waals surface area contributed by atoms with Gasteiger partial charge in [-0.05, 0) is 44.0 Å². The molecular weight excluding hydrogens is 567 g/mol. The van der Waals surface area contributed by atoms with E-state index in [0.717, 1.165) is 45.5 Å². The molecule has 15 heteroatoms. The monoisotopic (exact) mass is 600 g/mol. The maximum absolute atomic E-state index is 12.8. The molecule has 1 aromatic heterocycles. The van der Waals surface area contributed by atoms with E-state index < -0.39 is 18.7 Å². The molecule has 230 valence electrons. The summed E-state index contributed by atoms with van der Waals surface area (Å²) in [6.07, 6.45) is 1.97. The fourth-order valence-electron chi connectivity index (χ4n) is 4.42. The Balaban J connectivity index is 1.47. The molecule has 0 amide bonds. The van der Waals surface area contributed by atoms with Gasteiger partial charge in [0.25, 0.3) is 0 Å². The molecule has 0 aliphatic carbocycles. The van der Waals surface area contributed by atoms with Crippen LogP contribution in [0.5, 0.6) is 5.75 Å². The molecule has 3 heterocycles. The highest BCUT2D eigenvalue weighted by Crippen LogP contribution is 2.28. The summed E-state index contributed by atoms with van der Waals surface area (Å²) in [5, 5.41) is 23.2. The lowest BCUT2D eigenvalue weighted by atomic mass is 10.0. The van der Waals surface area contributed by atoms with Crippen LogP contribution in [-0.2, 0) is 9.47 Å². The number of nitrogens with one attached hydrogen (secondary N) is 2. The van der Waals surface area contributed by atoms with Crippen molar-refractivity contribution in [3.05, 3.63) is 53.1 Å². The summed E-state index contributed by atoms with van der Waals surface area (Å²) < 4.78 is 54.3. The number of hydrogen-bond donors (Lipinski definition) is 3. The van der Waals surface area contributed by atoms with Gasteiger partial charge in [0.2, 0.25) is 11.8 Å². The normalized spacial score (nSPS) is 17.8. The van der Waals surface area contributed by atoms with Crippen molar-refractivity contribution >= 4 is 18.5 Å². The summed E-state index contributed by atoms with van der Waals surface area (Å²) in [5.74, 6) is -0.0798. The molecule has 1 aromatic carbocycles. The molecule has 0 radical (unpaired) electrons. The van der Waals surface area contributed by atoms with Crippen molar-refractivity contribution in [1.82, 2.24) is 14.9 Å². The molecule has 2 fully saturated rings. The van der Waals surface area contributed by atoms with E-state index in [4.69, 9.17) is 25.4 Å². The third-order valence-corrected chi connectivity index (χ3v) is 6.82. The molecule has 0 unspecified atom stereocenters. The first kappa shape index (κ1) is 31.5. The molecule has 2 aromatic rings. The Kier molecular flexibility index (Phi) is 10.7. The second kappa shape index (κ2) is 14.7. The van der Waals surface area contributed by atoms with Crippen molar-refractivity contribution in [2.24, 2.45) is 10.7 Å². The average molecular weight is 601 g/mol. The summed E-state index contributed by atoms with van der Waals surface area (Å²) >= 11 is 0. The molecule has 0 spiro atoms. The van der Waals surface area contributed by atoms with E-state index in [-0.39, 0.29) is 30.3 Å². The van der Waals surface area contributed by atoms with Crippen LogP contribution in [0.2, 0.25) is 0 Å². The first-order chi connectivity index (χ1) is 20.6. The van der Waals surface area contributed by atoms with Crippen LogP contribution < -0.4 is 15.8 Å². The number of allylic oxidation sites excluding steroid dienone is 1. The Morgan fingerprint density at radius 1 is 1.30 bits per heavy atom. The van der Waals surface area contributed by atoms with Crippen molar-refractivity contribution in [3.63, 3.8) is 0 Å². The van der Waals surface area contributed by atoms with E-state index in [9.17, 15) is 18.4 Å². The van der Waals surface area contributed by atoms with Crippen molar-refractivity contribution in [1.29, 1.82) is 10.7 Å². The molecule has 2 aliphatic heterocycles. The average Bonchev–Trinajstić information content (AvgIpc) is 2.96. The Hall–Kier alpha value is -4.42. The third-order valence-electron chi connectivity index (χ3n) is 6.82. The number of nitriles is 1. The third kappa shape index (κ3) is 9.29. The Morgan fingerprint density at radius 2 is 2.02 bits per heavy atom. The number of halogens is 3. The number of ether oxygens (including phenoxy) is 3. The van der Waals surface area contributed by atoms with Crippen molar-refractivity contribution in [2.75, 3.05) is 44.8 Å². The zero-order chi connectivity index (χ0) is 30.8. The number of hydrogen-bond acceptors (Lipinski definition) is 11. The second-order valence-electron chi connectivity index (χ2n) is 10.1. The van der Waals surface area contributed by atoms with E-state index in [1.165, 1.54) is 18.6 Å². The standard InChI is InChI=1S/C28H33F3N9O3/c1-18(10-35-17-33)43-25-8-19(2-3-20(25)9-32)21-11-37-27(38-12-21)39-24(26(34)42-16-28(29,30)31)13-36-22-4-6-40(7-5-22)23-14-41-15-23/h2-3,8,11-13,17-18,22-23H,4-7,10,14-16,34H2,1H3,(H2-,33,35,37,38,39)/q-1/b26-24-,36-13?/t18-/m0/s1. The summed E-state index contributed by atoms with van der Waals surface area (Å²) in [6, 6.07) is 7.50. The highest BCUT2D eigenvalue weighted by atomic mass is 19.4. The SMILES string of the molecule is C[C@@H](C[N-]C=N)Oc1cc(-c2cnc(N/C(C=NC3CCN(C4COC4)CC3)=C(/N)OCC(F)(F)F)nc2)ccc1C#N. The number of anilines is 1. The summed E-state index contributed by atoms with van der Waals surface area (Å²) in [5.41, 5.74) is 7.48. The van der Waals surface area contributed by atoms with Crippen LogP contribution in [0.1, 0.15) is 25.3 Å². The van der Waals surface area contributed by atoms with E-state index in [0.29, 0.717) is 28.5 Å². The van der Waals surface area contributed by atoms with Crippen LogP contribution >= 0.6 is 0 Å². The molecule has 2 saturated heterocycles. The van der Waals surface area contributed by atoms with Crippen LogP contribution in [0.3, 0.4) is 0 Å². The molecule has 0 saturated carbocycles. The maximum Gasteiger partial charge on any atom is 0.422 e. The zero-order valence-corrected chi connectivity index (χ0v) is 23.5. The summed E-state index contributed by atoms with van der Waals surface area (Å²) in [4.78, 5) is 15.5. The van der Waals surface area contributed by atoms with Crippen LogP contribution in [-0.4, -0.2) is 91.2 Å². The molecule has 0 bridgehead atoms. The van der Waals surface area contributed by atoms with Gasteiger partial charge in [0.05, 0.1) is 43.2 Å². The number of piperidine rings is 1. The molecule has 12 nitrogen and oxygen atoms in total. The number of likely N-dealkylation sites (tertiary alicyclic amines) is 1. The van der Waals surface area contributed by atoms with Gasteiger partial charge in [0.15, 0.2) is 6.61 Å². The van der Waals surface area contributed by atoms with E-state index in [1.54, 1.807) is 25.1 Å².